The zero-order valence-electron chi connectivity index (χ0n) is 19.5. The van der Waals surface area contributed by atoms with Crippen LogP contribution in [0.1, 0.15) is 36.8 Å². The summed E-state index contributed by atoms with van der Waals surface area (Å²) in [6, 6.07) is 9.54. The summed E-state index contributed by atoms with van der Waals surface area (Å²) >= 11 is 0. The van der Waals surface area contributed by atoms with Gasteiger partial charge in [0.2, 0.25) is 10.0 Å². The molecule has 1 aromatic carbocycles. The van der Waals surface area contributed by atoms with E-state index in [2.05, 4.69) is 4.98 Å². The van der Waals surface area contributed by atoms with Gasteiger partial charge in [0.1, 0.15) is 16.5 Å². The summed E-state index contributed by atoms with van der Waals surface area (Å²) in [5.41, 5.74) is 0.641. The summed E-state index contributed by atoms with van der Waals surface area (Å²) in [5, 5.41) is 9.26. The predicted octanol–water partition coefficient (Wildman–Crippen LogP) is 3.61. The first-order chi connectivity index (χ1) is 16.6. The van der Waals surface area contributed by atoms with Crippen LogP contribution in [0.3, 0.4) is 0 Å². The standard InChI is InChI=1S/C24H28F3N5O2S/c1-30(17-21-18(15-28)3-2-4-22(21)25)19-7-11-32(12-8-19)35(33,34)20-5-6-23(29-16-20)31-13-9-24(26,27)10-14-31/h2-6,16,19H,7-14,17H2,1H3. The normalized spacial score (nSPS) is 19.6. The molecule has 2 saturated heterocycles. The molecule has 0 spiro atoms. The van der Waals surface area contributed by atoms with Crippen molar-refractivity contribution in [2.24, 2.45) is 0 Å². The Morgan fingerprint density at radius 2 is 1.83 bits per heavy atom. The maximum absolute atomic E-state index is 14.2. The second-order valence-corrected chi connectivity index (χ2v) is 11.1. The summed E-state index contributed by atoms with van der Waals surface area (Å²) in [6.45, 7) is 1.23. The van der Waals surface area contributed by atoms with E-state index in [-0.39, 0.29) is 43.4 Å². The Bertz CT molecular complexity index is 1180. The van der Waals surface area contributed by atoms with Gasteiger partial charge in [-0.2, -0.15) is 9.57 Å². The Morgan fingerprint density at radius 1 is 1.14 bits per heavy atom. The molecule has 0 atom stereocenters. The lowest BCUT2D eigenvalue weighted by atomic mass is 10.0. The van der Waals surface area contributed by atoms with E-state index in [4.69, 9.17) is 0 Å². The molecule has 2 aromatic rings. The summed E-state index contributed by atoms with van der Waals surface area (Å²) in [4.78, 5) is 8.00. The third-order valence-electron chi connectivity index (χ3n) is 6.87. The van der Waals surface area contributed by atoms with Crippen LogP contribution in [0.15, 0.2) is 41.4 Å². The van der Waals surface area contributed by atoms with Crippen LogP contribution in [0, 0.1) is 17.1 Å². The largest absolute Gasteiger partial charge is 0.356 e. The average molecular weight is 508 g/mol. The van der Waals surface area contributed by atoms with Gasteiger partial charge in [-0.05, 0) is 44.2 Å². The number of nitrogens with zero attached hydrogens (tertiary/aromatic N) is 5. The van der Waals surface area contributed by atoms with Crippen LogP contribution in [0.5, 0.6) is 0 Å². The van der Waals surface area contributed by atoms with Gasteiger partial charge in [-0.1, -0.05) is 6.07 Å². The highest BCUT2D eigenvalue weighted by molar-refractivity contribution is 7.89. The summed E-state index contributed by atoms with van der Waals surface area (Å²) in [5.74, 6) is -2.59. The Labute approximate surface area is 203 Å². The number of hydrogen-bond acceptors (Lipinski definition) is 6. The summed E-state index contributed by atoms with van der Waals surface area (Å²) in [6.07, 6.45) is 1.94. The highest BCUT2D eigenvalue weighted by atomic mass is 32.2. The van der Waals surface area contributed by atoms with Gasteiger partial charge in [0.05, 0.1) is 11.6 Å². The lowest BCUT2D eigenvalue weighted by Crippen LogP contribution is -2.45. The first kappa shape index (κ1) is 25.4. The molecule has 2 aliphatic heterocycles. The van der Waals surface area contributed by atoms with Crippen LogP contribution in [0.25, 0.3) is 0 Å². The summed E-state index contributed by atoms with van der Waals surface area (Å²) in [7, 11) is -1.89. The van der Waals surface area contributed by atoms with Gasteiger partial charge in [-0.3, -0.25) is 4.90 Å². The van der Waals surface area contributed by atoms with E-state index in [9.17, 15) is 26.9 Å². The number of aromatic nitrogens is 1. The molecular formula is C24H28F3N5O2S. The minimum Gasteiger partial charge on any atom is -0.356 e. The van der Waals surface area contributed by atoms with E-state index >= 15 is 0 Å². The van der Waals surface area contributed by atoms with Gasteiger partial charge in [0.15, 0.2) is 0 Å². The van der Waals surface area contributed by atoms with E-state index < -0.39 is 21.8 Å². The average Bonchev–Trinajstić information content (AvgIpc) is 2.85. The van der Waals surface area contributed by atoms with E-state index in [1.54, 1.807) is 17.0 Å². The zero-order chi connectivity index (χ0) is 25.2. The predicted molar refractivity (Wildman–Crippen MR) is 125 cm³/mol. The zero-order valence-corrected chi connectivity index (χ0v) is 20.3. The molecule has 11 heteroatoms. The summed E-state index contributed by atoms with van der Waals surface area (Å²) < 4.78 is 68.7. The van der Waals surface area contributed by atoms with Gasteiger partial charge in [0, 0.05) is 63.4 Å². The molecule has 7 nitrogen and oxygen atoms in total. The molecule has 4 rings (SSSR count). The number of nitriles is 1. The molecule has 3 heterocycles. The number of pyridine rings is 1. The van der Waals surface area contributed by atoms with Crippen molar-refractivity contribution in [2.75, 3.05) is 38.1 Å². The number of rotatable bonds is 6. The van der Waals surface area contributed by atoms with Gasteiger partial charge in [0.25, 0.3) is 5.92 Å². The fourth-order valence-electron chi connectivity index (χ4n) is 4.65. The highest BCUT2D eigenvalue weighted by Crippen LogP contribution is 2.30. The molecule has 0 unspecified atom stereocenters. The van der Waals surface area contributed by atoms with E-state index in [1.165, 1.54) is 28.7 Å². The number of piperidine rings is 2. The Balaban J connectivity index is 1.36. The first-order valence-corrected chi connectivity index (χ1v) is 13.0. The third kappa shape index (κ3) is 5.60. The van der Waals surface area contributed by atoms with Crippen molar-refractivity contribution in [1.29, 1.82) is 5.26 Å². The van der Waals surface area contributed by atoms with Crippen molar-refractivity contribution in [1.82, 2.24) is 14.2 Å². The van der Waals surface area contributed by atoms with Gasteiger partial charge < -0.3 is 4.90 Å². The minimum atomic E-state index is -3.74. The quantitative estimate of drug-likeness (QED) is 0.594. The topological polar surface area (TPSA) is 80.5 Å². The number of hydrogen-bond donors (Lipinski definition) is 0. The fraction of sp³-hybridized carbons (Fsp3) is 0.500. The van der Waals surface area contributed by atoms with Crippen molar-refractivity contribution >= 4 is 15.8 Å². The molecule has 0 aliphatic carbocycles. The molecule has 0 amide bonds. The van der Waals surface area contributed by atoms with Crippen LogP contribution in [0.4, 0.5) is 19.0 Å². The number of sulfonamides is 1. The molecule has 0 radical (unpaired) electrons. The van der Waals surface area contributed by atoms with Crippen molar-refractivity contribution in [3.8, 4) is 6.07 Å². The first-order valence-electron chi connectivity index (χ1n) is 11.6. The smallest absolute Gasteiger partial charge is 0.251 e. The molecule has 35 heavy (non-hydrogen) atoms. The Hall–Kier alpha value is -2.68. The van der Waals surface area contributed by atoms with Gasteiger partial charge in [-0.15, -0.1) is 0 Å². The lowest BCUT2D eigenvalue weighted by molar-refractivity contribution is -0.0221. The van der Waals surface area contributed by atoms with Crippen LogP contribution in [-0.2, 0) is 16.6 Å². The molecular weight excluding hydrogens is 479 g/mol. The lowest BCUT2D eigenvalue weighted by Gasteiger charge is -2.36. The Morgan fingerprint density at radius 3 is 2.43 bits per heavy atom. The number of alkyl halides is 2. The van der Waals surface area contributed by atoms with Crippen molar-refractivity contribution in [2.45, 2.75) is 49.1 Å². The molecule has 2 fully saturated rings. The number of benzene rings is 1. The maximum atomic E-state index is 14.2. The highest BCUT2D eigenvalue weighted by Gasteiger charge is 2.35. The minimum absolute atomic E-state index is 0.0466. The maximum Gasteiger partial charge on any atom is 0.251 e. The SMILES string of the molecule is CN(Cc1c(F)cccc1C#N)C1CCN(S(=O)(=O)c2ccc(N3CCC(F)(F)CC3)nc2)CC1. The van der Waals surface area contributed by atoms with Crippen molar-refractivity contribution in [3.05, 3.63) is 53.5 Å². The van der Waals surface area contributed by atoms with E-state index in [0.29, 0.717) is 42.9 Å². The molecule has 1 aromatic heterocycles. The van der Waals surface area contributed by atoms with Crippen molar-refractivity contribution < 1.29 is 21.6 Å². The van der Waals surface area contributed by atoms with Crippen LogP contribution >= 0.6 is 0 Å². The van der Waals surface area contributed by atoms with Crippen molar-refractivity contribution in [3.63, 3.8) is 0 Å². The van der Waals surface area contributed by atoms with Gasteiger partial charge in [-0.25, -0.2) is 26.6 Å². The van der Waals surface area contributed by atoms with Crippen LogP contribution in [-0.4, -0.2) is 67.8 Å². The van der Waals surface area contributed by atoms with Crippen LogP contribution in [0.2, 0.25) is 0 Å². The van der Waals surface area contributed by atoms with Gasteiger partial charge >= 0.3 is 0 Å². The molecule has 188 valence electrons. The van der Waals surface area contributed by atoms with Crippen LogP contribution < -0.4 is 4.90 Å². The fourth-order valence-corrected chi connectivity index (χ4v) is 6.07. The Kier molecular flexibility index (Phi) is 7.35. The molecule has 0 N–H and O–H groups in total. The third-order valence-corrected chi connectivity index (χ3v) is 8.75. The molecule has 0 bridgehead atoms. The second-order valence-electron chi connectivity index (χ2n) is 9.12. The van der Waals surface area contributed by atoms with E-state index in [0.717, 1.165) is 0 Å². The van der Waals surface area contributed by atoms with E-state index in [1.807, 2.05) is 18.0 Å². The molecule has 2 aliphatic rings. The molecule has 0 saturated carbocycles. The monoisotopic (exact) mass is 507 g/mol. The number of anilines is 1. The number of halogens is 3. The second kappa shape index (κ2) is 10.1.